The number of carbonyl (C=O) groups excluding carboxylic acids is 1. The van der Waals surface area contributed by atoms with Crippen LogP contribution in [-0.2, 0) is 11.3 Å². The fraction of sp³-hybridized carbons (Fsp3) is 0.0556. The third kappa shape index (κ3) is 3.73. The summed E-state index contributed by atoms with van der Waals surface area (Å²) in [7, 11) is 0. The van der Waals surface area contributed by atoms with Gasteiger partial charge in [-0.1, -0.05) is 36.4 Å². The minimum atomic E-state index is -0.458. The van der Waals surface area contributed by atoms with Gasteiger partial charge in [0.05, 0.1) is 5.69 Å². The molecule has 0 spiro atoms. The lowest BCUT2D eigenvalue weighted by molar-refractivity contribution is -0.117. The zero-order chi connectivity index (χ0) is 16.9. The van der Waals surface area contributed by atoms with E-state index in [0.717, 1.165) is 10.2 Å². The van der Waals surface area contributed by atoms with Crippen LogP contribution in [0.1, 0.15) is 0 Å². The van der Waals surface area contributed by atoms with Crippen LogP contribution in [0.5, 0.6) is 0 Å². The van der Waals surface area contributed by atoms with E-state index in [1.54, 1.807) is 12.1 Å². The van der Waals surface area contributed by atoms with Gasteiger partial charge in [0.1, 0.15) is 12.4 Å². The van der Waals surface area contributed by atoms with E-state index in [-0.39, 0.29) is 12.1 Å². The summed E-state index contributed by atoms with van der Waals surface area (Å²) in [6.07, 6.45) is 0. The first-order valence-corrected chi connectivity index (χ1v) is 7.31. The van der Waals surface area contributed by atoms with Gasteiger partial charge in [-0.3, -0.25) is 9.59 Å². The van der Waals surface area contributed by atoms with Crippen LogP contribution in [0.25, 0.3) is 11.3 Å². The van der Waals surface area contributed by atoms with Gasteiger partial charge in [-0.15, -0.1) is 0 Å². The molecule has 0 aliphatic heterocycles. The lowest BCUT2D eigenvalue weighted by Gasteiger charge is -2.08. The Morgan fingerprint density at radius 2 is 1.83 bits per heavy atom. The van der Waals surface area contributed by atoms with Crippen LogP contribution in [-0.4, -0.2) is 15.7 Å². The minimum absolute atomic E-state index is 0.254. The van der Waals surface area contributed by atoms with Crippen LogP contribution in [0, 0.1) is 5.82 Å². The molecule has 0 saturated carbocycles. The van der Waals surface area contributed by atoms with Crippen LogP contribution in [0.2, 0.25) is 0 Å². The summed E-state index contributed by atoms with van der Waals surface area (Å²) in [5, 5.41) is 6.75. The molecule has 1 heterocycles. The minimum Gasteiger partial charge on any atom is -0.324 e. The average Bonchev–Trinajstić information content (AvgIpc) is 2.57. The Bertz CT molecular complexity index is 923. The van der Waals surface area contributed by atoms with Crippen LogP contribution in [0.15, 0.2) is 71.5 Å². The molecule has 1 aromatic heterocycles. The van der Waals surface area contributed by atoms with Gasteiger partial charge < -0.3 is 5.32 Å². The molecule has 3 rings (SSSR count). The van der Waals surface area contributed by atoms with Crippen molar-refractivity contribution >= 4 is 11.6 Å². The summed E-state index contributed by atoms with van der Waals surface area (Å²) in [5.74, 6) is -0.908. The second kappa shape index (κ2) is 6.87. The van der Waals surface area contributed by atoms with Crippen molar-refractivity contribution < 1.29 is 9.18 Å². The molecule has 0 bridgehead atoms. The number of hydrogen-bond donors (Lipinski definition) is 1. The molecule has 1 N–H and O–H groups in total. The highest BCUT2D eigenvalue weighted by atomic mass is 19.1. The Balaban J connectivity index is 1.79. The second-order valence-electron chi connectivity index (χ2n) is 5.14. The summed E-state index contributed by atoms with van der Waals surface area (Å²) in [6, 6.07) is 17.9. The molecule has 0 aliphatic carbocycles. The Hall–Kier alpha value is -3.28. The van der Waals surface area contributed by atoms with Crippen LogP contribution >= 0.6 is 0 Å². The maximum absolute atomic E-state index is 13.1. The average molecular weight is 323 g/mol. The Labute approximate surface area is 137 Å². The summed E-state index contributed by atoms with van der Waals surface area (Å²) in [5.41, 5.74) is 1.38. The Morgan fingerprint density at radius 3 is 2.58 bits per heavy atom. The van der Waals surface area contributed by atoms with Crippen molar-refractivity contribution in [1.29, 1.82) is 0 Å². The predicted octanol–water partition coefficient (Wildman–Crippen LogP) is 2.69. The largest absolute Gasteiger partial charge is 0.324 e. The van der Waals surface area contributed by atoms with E-state index >= 15 is 0 Å². The van der Waals surface area contributed by atoms with E-state index in [1.165, 1.54) is 24.3 Å². The fourth-order valence-corrected chi connectivity index (χ4v) is 2.23. The van der Waals surface area contributed by atoms with Crippen molar-refractivity contribution in [2.75, 3.05) is 5.32 Å². The van der Waals surface area contributed by atoms with Gasteiger partial charge in [0.2, 0.25) is 5.91 Å². The molecule has 0 saturated heterocycles. The zero-order valence-electron chi connectivity index (χ0n) is 12.6. The van der Waals surface area contributed by atoms with Crippen LogP contribution in [0.4, 0.5) is 10.1 Å². The van der Waals surface area contributed by atoms with Crippen molar-refractivity contribution in [3.05, 3.63) is 82.9 Å². The predicted molar refractivity (Wildman–Crippen MR) is 89.0 cm³/mol. The van der Waals surface area contributed by atoms with E-state index in [2.05, 4.69) is 10.4 Å². The van der Waals surface area contributed by atoms with E-state index < -0.39 is 11.7 Å². The molecule has 3 aromatic rings. The summed E-state index contributed by atoms with van der Waals surface area (Å²) < 4.78 is 14.2. The highest BCUT2D eigenvalue weighted by Gasteiger charge is 2.08. The molecule has 0 radical (unpaired) electrons. The quantitative estimate of drug-likeness (QED) is 0.803. The molecule has 24 heavy (non-hydrogen) atoms. The van der Waals surface area contributed by atoms with Gasteiger partial charge in [-0.05, 0) is 24.3 Å². The number of benzene rings is 2. The van der Waals surface area contributed by atoms with Gasteiger partial charge in [-0.25, -0.2) is 9.07 Å². The lowest BCUT2D eigenvalue weighted by atomic mass is 10.1. The number of anilines is 1. The van der Waals surface area contributed by atoms with Gasteiger partial charge >= 0.3 is 0 Å². The number of rotatable bonds is 4. The molecule has 0 atom stereocenters. The molecule has 0 fully saturated rings. The van der Waals surface area contributed by atoms with E-state index in [0.29, 0.717) is 11.4 Å². The Morgan fingerprint density at radius 1 is 1.04 bits per heavy atom. The van der Waals surface area contributed by atoms with Gasteiger partial charge in [0.25, 0.3) is 5.56 Å². The van der Waals surface area contributed by atoms with Gasteiger partial charge in [0.15, 0.2) is 0 Å². The monoisotopic (exact) mass is 323 g/mol. The van der Waals surface area contributed by atoms with Crippen LogP contribution in [0.3, 0.4) is 0 Å². The first-order chi connectivity index (χ1) is 11.6. The fourth-order valence-electron chi connectivity index (χ4n) is 2.23. The maximum atomic E-state index is 13.1. The molecule has 6 heteroatoms. The van der Waals surface area contributed by atoms with E-state index in [1.807, 2.05) is 30.3 Å². The van der Waals surface area contributed by atoms with Crippen molar-refractivity contribution in [3.8, 4) is 11.3 Å². The van der Waals surface area contributed by atoms with Gasteiger partial charge in [0, 0.05) is 17.3 Å². The number of amides is 1. The zero-order valence-corrected chi connectivity index (χ0v) is 12.6. The highest BCUT2D eigenvalue weighted by Crippen LogP contribution is 2.14. The number of carbonyl (C=O) groups is 1. The number of aromatic nitrogens is 2. The van der Waals surface area contributed by atoms with Crippen molar-refractivity contribution in [3.63, 3.8) is 0 Å². The standard InChI is InChI=1S/C18H14FN3O2/c19-14-7-4-8-15(11-14)20-17(23)12-22-18(24)10-9-16(21-22)13-5-2-1-3-6-13/h1-11H,12H2,(H,20,23). The van der Waals surface area contributed by atoms with Crippen molar-refractivity contribution in [2.45, 2.75) is 6.54 Å². The Kier molecular flexibility index (Phi) is 4.47. The first-order valence-electron chi connectivity index (χ1n) is 7.31. The van der Waals surface area contributed by atoms with E-state index in [4.69, 9.17) is 0 Å². The highest BCUT2D eigenvalue weighted by molar-refractivity contribution is 5.90. The second-order valence-corrected chi connectivity index (χ2v) is 5.14. The van der Waals surface area contributed by atoms with Gasteiger partial charge in [-0.2, -0.15) is 5.10 Å². The summed E-state index contributed by atoms with van der Waals surface area (Å²) in [4.78, 5) is 24.0. The summed E-state index contributed by atoms with van der Waals surface area (Å²) >= 11 is 0. The third-order valence-electron chi connectivity index (χ3n) is 3.34. The number of hydrogen-bond acceptors (Lipinski definition) is 3. The molecule has 0 aliphatic rings. The molecular formula is C18H14FN3O2. The molecule has 5 nitrogen and oxygen atoms in total. The maximum Gasteiger partial charge on any atom is 0.267 e. The normalized spacial score (nSPS) is 10.4. The molecule has 120 valence electrons. The smallest absolute Gasteiger partial charge is 0.267 e. The van der Waals surface area contributed by atoms with Crippen molar-refractivity contribution in [1.82, 2.24) is 9.78 Å². The van der Waals surface area contributed by atoms with Crippen LogP contribution < -0.4 is 10.9 Å². The summed E-state index contributed by atoms with van der Waals surface area (Å²) in [6.45, 7) is -0.254. The first kappa shape index (κ1) is 15.6. The lowest BCUT2D eigenvalue weighted by Crippen LogP contribution is -2.29. The molecular weight excluding hydrogens is 309 g/mol. The molecule has 1 amide bonds. The van der Waals surface area contributed by atoms with Crippen molar-refractivity contribution in [2.24, 2.45) is 0 Å². The third-order valence-corrected chi connectivity index (χ3v) is 3.34. The molecule has 2 aromatic carbocycles. The molecule has 0 unspecified atom stereocenters. The topological polar surface area (TPSA) is 64.0 Å². The number of nitrogens with one attached hydrogen (secondary N) is 1. The SMILES string of the molecule is O=C(Cn1nc(-c2ccccc2)ccc1=O)Nc1cccc(F)c1. The van der Waals surface area contributed by atoms with E-state index in [9.17, 15) is 14.0 Å². The number of nitrogens with zero attached hydrogens (tertiary/aromatic N) is 2. The number of halogens is 1.